The molecule has 0 aliphatic rings. The Bertz CT molecular complexity index is 667. The maximum atomic E-state index is 13.8. The van der Waals surface area contributed by atoms with Gasteiger partial charge in [-0.3, -0.25) is 0 Å². The van der Waals surface area contributed by atoms with Crippen LogP contribution in [0.3, 0.4) is 0 Å². The zero-order valence-corrected chi connectivity index (χ0v) is 11.1. The second kappa shape index (κ2) is 5.34. The van der Waals surface area contributed by atoms with E-state index < -0.39 is 40.4 Å². The zero-order chi connectivity index (χ0) is 15.9. The van der Waals surface area contributed by atoms with Crippen molar-refractivity contribution < 1.29 is 26.5 Å². The number of hydrogen-bond acceptors (Lipinski definition) is 3. The molecule has 0 radical (unpaired) electrons. The summed E-state index contributed by atoms with van der Waals surface area (Å²) in [4.78, 5) is 0. The van der Waals surface area contributed by atoms with Gasteiger partial charge in [-0.05, 0) is 12.3 Å². The molecule has 8 heteroatoms. The predicted molar refractivity (Wildman–Crippen MR) is 64.7 cm³/mol. The Morgan fingerprint density at radius 1 is 0.952 bits per heavy atom. The molecule has 0 aliphatic carbocycles. The minimum atomic E-state index is -2.23. The third-order valence-corrected chi connectivity index (χ3v) is 2.87. The summed E-state index contributed by atoms with van der Waals surface area (Å²) < 4.78 is 71.7. The van der Waals surface area contributed by atoms with Crippen LogP contribution in [0, 0.1) is 35.0 Å². The van der Waals surface area contributed by atoms with Crippen LogP contribution in [-0.2, 0) is 6.42 Å². The summed E-state index contributed by atoms with van der Waals surface area (Å²) in [6.45, 7) is 3.57. The molecule has 0 aliphatic heterocycles. The summed E-state index contributed by atoms with van der Waals surface area (Å²) in [7, 11) is 0. The lowest BCUT2D eigenvalue weighted by Gasteiger charge is -2.08. The van der Waals surface area contributed by atoms with Crippen molar-refractivity contribution in [2.24, 2.45) is 5.92 Å². The quantitative estimate of drug-likeness (QED) is 0.533. The molecule has 0 bridgehead atoms. The number of rotatable bonds is 3. The fraction of sp³-hybridized carbons (Fsp3) is 0.308. The molecule has 0 unspecified atom stereocenters. The van der Waals surface area contributed by atoms with Crippen molar-refractivity contribution in [1.82, 2.24) is 5.16 Å². The minimum absolute atomic E-state index is 0.00622. The van der Waals surface area contributed by atoms with Gasteiger partial charge in [0.25, 0.3) is 0 Å². The minimum Gasteiger partial charge on any atom is -0.381 e. The van der Waals surface area contributed by atoms with E-state index in [-0.39, 0.29) is 23.7 Å². The highest BCUT2D eigenvalue weighted by Gasteiger charge is 2.31. The van der Waals surface area contributed by atoms with E-state index in [1.54, 1.807) is 13.8 Å². The Morgan fingerprint density at radius 3 is 1.90 bits per heavy atom. The van der Waals surface area contributed by atoms with Crippen molar-refractivity contribution in [2.45, 2.75) is 20.3 Å². The van der Waals surface area contributed by atoms with E-state index in [1.807, 2.05) is 0 Å². The van der Waals surface area contributed by atoms with Gasteiger partial charge in [-0.25, -0.2) is 22.0 Å². The first kappa shape index (κ1) is 15.3. The Balaban J connectivity index is 2.74. The van der Waals surface area contributed by atoms with E-state index in [1.165, 1.54) is 0 Å². The average molecular weight is 306 g/mol. The number of nitrogens with zero attached hydrogens (tertiary/aromatic N) is 1. The van der Waals surface area contributed by atoms with Gasteiger partial charge < -0.3 is 10.3 Å². The molecule has 1 aromatic heterocycles. The molecule has 1 aromatic carbocycles. The largest absolute Gasteiger partial charge is 0.381 e. The predicted octanol–water partition coefficient (Wildman–Crippen LogP) is 3.82. The summed E-state index contributed by atoms with van der Waals surface area (Å²) in [6.07, 6.45) is 0.212. The van der Waals surface area contributed by atoms with E-state index in [0.29, 0.717) is 0 Å². The second-order valence-corrected chi connectivity index (χ2v) is 4.92. The number of aromatic nitrogens is 1. The lowest BCUT2D eigenvalue weighted by Crippen LogP contribution is -2.06. The second-order valence-electron chi connectivity index (χ2n) is 4.92. The van der Waals surface area contributed by atoms with Gasteiger partial charge in [-0.2, -0.15) is 0 Å². The topological polar surface area (TPSA) is 52.0 Å². The molecular formula is C13H11F5N2O. The lowest BCUT2D eigenvalue weighted by atomic mass is 9.99. The normalized spacial score (nSPS) is 11.4. The lowest BCUT2D eigenvalue weighted by molar-refractivity contribution is 0.373. The zero-order valence-electron chi connectivity index (χ0n) is 11.1. The molecule has 0 spiro atoms. The van der Waals surface area contributed by atoms with Gasteiger partial charge in [-0.15, -0.1) is 0 Å². The first-order chi connectivity index (χ1) is 9.75. The van der Waals surface area contributed by atoms with Crippen molar-refractivity contribution in [3.05, 3.63) is 34.6 Å². The standard InChI is InChI=1S/C13H11F5N2O/c1-4(2)3-5-12(21-20-13(5)19)6-7(14)9(16)11(18)10(17)8(6)15/h4H,3H2,1-2H3,(H2,19,20). The highest BCUT2D eigenvalue weighted by atomic mass is 19.2. The van der Waals surface area contributed by atoms with Crippen LogP contribution in [0.2, 0.25) is 0 Å². The highest BCUT2D eigenvalue weighted by Crippen LogP contribution is 2.36. The molecule has 2 aromatic rings. The maximum Gasteiger partial charge on any atom is 0.200 e. The van der Waals surface area contributed by atoms with Crippen molar-refractivity contribution in [3.8, 4) is 11.3 Å². The van der Waals surface area contributed by atoms with Gasteiger partial charge in [-0.1, -0.05) is 19.0 Å². The molecule has 0 amide bonds. The first-order valence-electron chi connectivity index (χ1n) is 6.01. The van der Waals surface area contributed by atoms with Crippen LogP contribution in [-0.4, -0.2) is 5.16 Å². The van der Waals surface area contributed by atoms with Gasteiger partial charge in [0.05, 0.1) is 5.56 Å². The van der Waals surface area contributed by atoms with E-state index in [9.17, 15) is 22.0 Å². The molecule has 0 fully saturated rings. The molecule has 21 heavy (non-hydrogen) atoms. The van der Waals surface area contributed by atoms with Crippen LogP contribution in [0.4, 0.5) is 27.8 Å². The Morgan fingerprint density at radius 2 is 1.43 bits per heavy atom. The van der Waals surface area contributed by atoms with E-state index in [2.05, 4.69) is 9.68 Å². The monoisotopic (exact) mass is 306 g/mol. The van der Waals surface area contributed by atoms with Crippen molar-refractivity contribution in [1.29, 1.82) is 0 Å². The van der Waals surface area contributed by atoms with Gasteiger partial charge in [0, 0.05) is 5.56 Å². The first-order valence-corrected chi connectivity index (χ1v) is 6.01. The molecule has 0 saturated carbocycles. The summed E-state index contributed by atoms with van der Waals surface area (Å²) in [5.41, 5.74) is 4.47. The van der Waals surface area contributed by atoms with E-state index >= 15 is 0 Å². The SMILES string of the molecule is CC(C)Cc1c(N)noc1-c1c(F)c(F)c(F)c(F)c1F. The number of halogens is 5. The van der Waals surface area contributed by atoms with Gasteiger partial charge >= 0.3 is 0 Å². The number of anilines is 1. The number of hydrogen-bond donors (Lipinski definition) is 1. The molecule has 2 N–H and O–H groups in total. The highest BCUT2D eigenvalue weighted by molar-refractivity contribution is 5.67. The maximum absolute atomic E-state index is 13.8. The van der Waals surface area contributed by atoms with Gasteiger partial charge in [0.2, 0.25) is 5.82 Å². The Kier molecular flexibility index (Phi) is 3.89. The average Bonchev–Trinajstić information content (AvgIpc) is 2.76. The number of nitrogens with two attached hydrogens (primary N) is 1. The van der Waals surface area contributed by atoms with Crippen molar-refractivity contribution in [2.75, 3.05) is 5.73 Å². The molecular weight excluding hydrogens is 295 g/mol. The molecule has 1 heterocycles. The molecule has 2 rings (SSSR count). The summed E-state index contributed by atoms with van der Waals surface area (Å²) in [6, 6.07) is 0. The van der Waals surface area contributed by atoms with Crippen molar-refractivity contribution in [3.63, 3.8) is 0 Å². The Hall–Kier alpha value is -2.12. The summed E-state index contributed by atoms with van der Waals surface area (Å²) in [5.74, 6) is -11.0. The fourth-order valence-corrected chi connectivity index (χ4v) is 1.93. The van der Waals surface area contributed by atoms with E-state index in [0.717, 1.165) is 0 Å². The number of nitrogen functional groups attached to an aromatic ring is 1. The van der Waals surface area contributed by atoms with Crippen LogP contribution < -0.4 is 5.73 Å². The van der Waals surface area contributed by atoms with Gasteiger partial charge in [0.15, 0.2) is 34.8 Å². The van der Waals surface area contributed by atoms with Crippen LogP contribution >= 0.6 is 0 Å². The molecule has 114 valence electrons. The summed E-state index contributed by atoms with van der Waals surface area (Å²) >= 11 is 0. The van der Waals surface area contributed by atoms with Crippen LogP contribution in [0.1, 0.15) is 19.4 Å². The number of benzene rings is 1. The van der Waals surface area contributed by atoms with Crippen LogP contribution in [0.25, 0.3) is 11.3 Å². The van der Waals surface area contributed by atoms with Crippen LogP contribution in [0.5, 0.6) is 0 Å². The van der Waals surface area contributed by atoms with Gasteiger partial charge in [0.1, 0.15) is 0 Å². The summed E-state index contributed by atoms with van der Waals surface area (Å²) in [5, 5.41) is 3.34. The molecule has 0 atom stereocenters. The Labute approximate surface area is 116 Å². The third-order valence-electron chi connectivity index (χ3n) is 2.87. The van der Waals surface area contributed by atoms with E-state index in [4.69, 9.17) is 5.73 Å². The third kappa shape index (κ3) is 2.45. The fourth-order valence-electron chi connectivity index (χ4n) is 1.93. The van der Waals surface area contributed by atoms with Crippen molar-refractivity contribution >= 4 is 5.82 Å². The van der Waals surface area contributed by atoms with Crippen LogP contribution in [0.15, 0.2) is 4.52 Å². The smallest absolute Gasteiger partial charge is 0.200 e. The molecule has 3 nitrogen and oxygen atoms in total. The molecule has 0 saturated heterocycles.